The van der Waals surface area contributed by atoms with Crippen molar-refractivity contribution in [3.8, 4) is 0 Å². The molecule has 1 aromatic carbocycles. The maximum absolute atomic E-state index is 12.2. The van der Waals surface area contributed by atoms with E-state index < -0.39 is 0 Å². The van der Waals surface area contributed by atoms with Crippen molar-refractivity contribution in [3.63, 3.8) is 0 Å². The number of nitrogens with zero attached hydrogens (tertiary/aromatic N) is 2. The molecular formula is C13H14N4O2. The minimum absolute atomic E-state index is 0.129. The molecule has 98 valence electrons. The molecule has 0 saturated carbocycles. The van der Waals surface area contributed by atoms with Gasteiger partial charge in [0.15, 0.2) is 0 Å². The van der Waals surface area contributed by atoms with E-state index in [0.717, 1.165) is 30.6 Å². The summed E-state index contributed by atoms with van der Waals surface area (Å²) in [4.78, 5) is 12.2. The normalized spacial score (nSPS) is 13.5. The second-order valence-corrected chi connectivity index (χ2v) is 4.44. The van der Waals surface area contributed by atoms with Crippen molar-refractivity contribution in [2.45, 2.75) is 19.8 Å². The molecule has 2 N–H and O–H groups in total. The van der Waals surface area contributed by atoms with Crippen molar-refractivity contribution in [2.75, 3.05) is 17.2 Å². The zero-order valence-corrected chi connectivity index (χ0v) is 10.6. The number of hydrogen-bond acceptors (Lipinski definition) is 5. The van der Waals surface area contributed by atoms with Crippen LogP contribution in [0.3, 0.4) is 0 Å². The summed E-state index contributed by atoms with van der Waals surface area (Å²) in [6.07, 6.45) is 1.92. The van der Waals surface area contributed by atoms with Gasteiger partial charge >= 0.3 is 6.01 Å². The van der Waals surface area contributed by atoms with Crippen LogP contribution >= 0.6 is 0 Å². The van der Waals surface area contributed by atoms with E-state index in [1.807, 2.05) is 18.2 Å². The molecule has 0 unspecified atom stereocenters. The summed E-state index contributed by atoms with van der Waals surface area (Å²) in [5.74, 6) is 0.205. The van der Waals surface area contributed by atoms with Crippen molar-refractivity contribution < 1.29 is 9.21 Å². The summed E-state index contributed by atoms with van der Waals surface area (Å²) in [6, 6.07) is 5.79. The van der Waals surface area contributed by atoms with Gasteiger partial charge in [-0.15, -0.1) is 5.10 Å². The molecule has 0 aliphatic carbocycles. The van der Waals surface area contributed by atoms with E-state index in [0.29, 0.717) is 11.5 Å². The van der Waals surface area contributed by atoms with E-state index >= 15 is 0 Å². The van der Waals surface area contributed by atoms with E-state index in [1.54, 1.807) is 6.92 Å². The van der Waals surface area contributed by atoms with Crippen LogP contribution in [0.5, 0.6) is 0 Å². The Kier molecular flexibility index (Phi) is 2.91. The number of anilines is 2. The van der Waals surface area contributed by atoms with Crippen LogP contribution in [0, 0.1) is 6.92 Å². The minimum atomic E-state index is -0.218. The molecule has 6 nitrogen and oxygen atoms in total. The number of carbonyl (C=O) groups is 1. The molecule has 0 bridgehead atoms. The molecule has 0 atom stereocenters. The quantitative estimate of drug-likeness (QED) is 0.861. The zero-order chi connectivity index (χ0) is 13.2. The van der Waals surface area contributed by atoms with E-state index in [1.165, 1.54) is 0 Å². The Morgan fingerprint density at radius 2 is 2.32 bits per heavy atom. The highest BCUT2D eigenvalue weighted by Gasteiger charge is 2.18. The number of rotatable bonds is 2. The van der Waals surface area contributed by atoms with Gasteiger partial charge < -0.3 is 9.73 Å². The first-order valence-electron chi connectivity index (χ1n) is 6.21. The lowest BCUT2D eigenvalue weighted by Crippen LogP contribution is -2.19. The van der Waals surface area contributed by atoms with E-state index in [2.05, 4.69) is 20.8 Å². The van der Waals surface area contributed by atoms with Crippen LogP contribution in [0.4, 0.5) is 11.7 Å². The third-order valence-electron chi connectivity index (χ3n) is 3.09. The minimum Gasteiger partial charge on any atom is -0.408 e. The highest BCUT2D eigenvalue weighted by atomic mass is 16.4. The van der Waals surface area contributed by atoms with Gasteiger partial charge in [-0.3, -0.25) is 10.1 Å². The Balaban J connectivity index is 1.87. The molecule has 1 aliphatic rings. The molecule has 3 rings (SSSR count). The number of fused-ring (bicyclic) bond motifs is 1. The topological polar surface area (TPSA) is 80.0 Å². The maximum Gasteiger partial charge on any atom is 0.322 e. The van der Waals surface area contributed by atoms with E-state index in [4.69, 9.17) is 4.42 Å². The van der Waals surface area contributed by atoms with Crippen LogP contribution in [0.15, 0.2) is 22.6 Å². The largest absolute Gasteiger partial charge is 0.408 e. The Labute approximate surface area is 110 Å². The molecular weight excluding hydrogens is 244 g/mol. The van der Waals surface area contributed by atoms with Crippen molar-refractivity contribution in [2.24, 2.45) is 0 Å². The lowest BCUT2D eigenvalue weighted by Gasteiger charge is -2.20. The number of aromatic nitrogens is 2. The third-order valence-corrected chi connectivity index (χ3v) is 3.09. The molecule has 1 aliphatic heterocycles. The maximum atomic E-state index is 12.2. The van der Waals surface area contributed by atoms with Crippen molar-refractivity contribution in [1.82, 2.24) is 10.2 Å². The third kappa shape index (κ3) is 2.29. The summed E-state index contributed by atoms with van der Waals surface area (Å²) in [5, 5.41) is 13.4. The number of nitrogens with one attached hydrogen (secondary N) is 2. The van der Waals surface area contributed by atoms with Gasteiger partial charge in [-0.2, -0.15) is 0 Å². The average Bonchev–Trinajstić information content (AvgIpc) is 2.83. The molecule has 2 heterocycles. The van der Waals surface area contributed by atoms with Gasteiger partial charge in [0, 0.05) is 24.7 Å². The van der Waals surface area contributed by atoms with Crippen LogP contribution in [-0.2, 0) is 6.42 Å². The zero-order valence-electron chi connectivity index (χ0n) is 10.6. The molecule has 19 heavy (non-hydrogen) atoms. The highest BCUT2D eigenvalue weighted by Crippen LogP contribution is 2.25. The van der Waals surface area contributed by atoms with Crippen LogP contribution in [-0.4, -0.2) is 22.6 Å². The average molecular weight is 258 g/mol. The first-order chi connectivity index (χ1) is 9.24. The molecule has 2 aromatic rings. The van der Waals surface area contributed by atoms with Crippen molar-refractivity contribution in [3.05, 3.63) is 35.2 Å². The second kappa shape index (κ2) is 4.72. The summed E-state index contributed by atoms with van der Waals surface area (Å²) in [6.45, 7) is 2.62. The highest BCUT2D eigenvalue weighted by molar-refractivity contribution is 6.05. The summed E-state index contributed by atoms with van der Waals surface area (Å²) in [7, 11) is 0. The lowest BCUT2D eigenvalue weighted by atomic mass is 9.97. The number of hydrogen-bond donors (Lipinski definition) is 2. The monoisotopic (exact) mass is 258 g/mol. The number of aryl methyl sites for hydroxylation is 1. The van der Waals surface area contributed by atoms with Crippen molar-refractivity contribution in [1.29, 1.82) is 0 Å². The van der Waals surface area contributed by atoms with Gasteiger partial charge in [0.25, 0.3) is 5.91 Å². The Bertz CT molecular complexity index is 621. The van der Waals surface area contributed by atoms with Gasteiger partial charge in [0.05, 0.1) is 0 Å². The Morgan fingerprint density at radius 3 is 3.11 bits per heavy atom. The van der Waals surface area contributed by atoms with Crippen LogP contribution < -0.4 is 10.6 Å². The van der Waals surface area contributed by atoms with E-state index in [9.17, 15) is 4.79 Å². The van der Waals surface area contributed by atoms with Gasteiger partial charge in [0.1, 0.15) is 0 Å². The predicted octanol–water partition coefficient (Wildman–Crippen LogP) is 1.99. The number of benzene rings is 1. The summed E-state index contributed by atoms with van der Waals surface area (Å²) < 4.78 is 5.15. The molecule has 0 saturated heterocycles. The molecule has 1 amide bonds. The van der Waals surface area contributed by atoms with Crippen LogP contribution in [0.1, 0.15) is 28.2 Å². The molecule has 0 fully saturated rings. The second-order valence-electron chi connectivity index (χ2n) is 4.44. The predicted molar refractivity (Wildman–Crippen MR) is 70.2 cm³/mol. The van der Waals surface area contributed by atoms with E-state index in [-0.39, 0.29) is 11.9 Å². The number of carbonyl (C=O) groups excluding carboxylic acids is 1. The van der Waals surface area contributed by atoms with Crippen LogP contribution in [0.2, 0.25) is 0 Å². The van der Waals surface area contributed by atoms with Gasteiger partial charge in [-0.05, 0) is 30.5 Å². The fourth-order valence-corrected chi connectivity index (χ4v) is 2.23. The fraction of sp³-hybridized carbons (Fsp3) is 0.308. The first-order valence-corrected chi connectivity index (χ1v) is 6.21. The standard InChI is InChI=1S/C13H14N4O2/c1-8-16-17-13(19-8)15-12(18)10-4-2-6-11-9(10)5-3-7-14-11/h2,4,6,14H,3,5,7H2,1H3,(H,15,17,18). The van der Waals surface area contributed by atoms with Gasteiger partial charge in [-0.25, -0.2) is 0 Å². The first kappa shape index (κ1) is 11.7. The molecule has 0 radical (unpaired) electrons. The molecule has 6 heteroatoms. The Morgan fingerprint density at radius 1 is 1.42 bits per heavy atom. The summed E-state index contributed by atoms with van der Waals surface area (Å²) in [5.41, 5.74) is 2.73. The van der Waals surface area contributed by atoms with Gasteiger partial charge in [-0.1, -0.05) is 11.2 Å². The van der Waals surface area contributed by atoms with Crippen molar-refractivity contribution >= 4 is 17.6 Å². The smallest absolute Gasteiger partial charge is 0.322 e. The number of amides is 1. The van der Waals surface area contributed by atoms with Gasteiger partial charge in [0.2, 0.25) is 5.89 Å². The SMILES string of the molecule is Cc1nnc(NC(=O)c2cccc3c2CCCN3)o1. The molecule has 1 aromatic heterocycles. The summed E-state index contributed by atoms with van der Waals surface area (Å²) >= 11 is 0. The lowest BCUT2D eigenvalue weighted by molar-refractivity contribution is 0.102. The Hall–Kier alpha value is -2.37. The fourth-order valence-electron chi connectivity index (χ4n) is 2.23. The van der Waals surface area contributed by atoms with Crippen LogP contribution in [0.25, 0.3) is 0 Å². The molecule has 0 spiro atoms.